The van der Waals surface area contributed by atoms with E-state index >= 15 is 0 Å². The molecule has 1 amide bonds. The zero-order chi connectivity index (χ0) is 16.2. The number of hydrogen-bond donors (Lipinski definition) is 1. The van der Waals surface area contributed by atoms with Gasteiger partial charge in [0.25, 0.3) is 0 Å². The Bertz CT molecular complexity index is 770. The van der Waals surface area contributed by atoms with Crippen LogP contribution in [0.1, 0.15) is 12.0 Å². The highest BCUT2D eigenvalue weighted by molar-refractivity contribution is 7.91. The summed E-state index contributed by atoms with van der Waals surface area (Å²) < 4.78 is 36.9. The molecule has 0 saturated carbocycles. The standard InChI is InChI=1S/C16H16FNO3S/c1-12-3-2-4-14(11-12)18-16(19)9-10-22(20,21)15-7-5-13(17)6-8-15/h2-8,11H,9-10H2,1H3,(H,18,19). The van der Waals surface area contributed by atoms with Gasteiger partial charge < -0.3 is 5.32 Å². The third-order valence-electron chi connectivity index (χ3n) is 3.07. The molecule has 0 atom stereocenters. The molecule has 0 aliphatic carbocycles. The highest BCUT2D eigenvalue weighted by atomic mass is 32.2. The van der Waals surface area contributed by atoms with Gasteiger partial charge in [-0.3, -0.25) is 4.79 Å². The number of aryl methyl sites for hydroxylation is 1. The molecular formula is C16H16FNO3S. The van der Waals surface area contributed by atoms with Crippen molar-refractivity contribution >= 4 is 21.4 Å². The quantitative estimate of drug-likeness (QED) is 0.861. The Morgan fingerprint density at radius 3 is 2.45 bits per heavy atom. The van der Waals surface area contributed by atoms with Crippen molar-refractivity contribution in [2.45, 2.75) is 18.2 Å². The van der Waals surface area contributed by atoms with Gasteiger partial charge in [0, 0.05) is 12.1 Å². The monoisotopic (exact) mass is 321 g/mol. The molecule has 2 aromatic carbocycles. The fraction of sp³-hybridized carbons (Fsp3) is 0.188. The second kappa shape index (κ2) is 6.70. The van der Waals surface area contributed by atoms with Gasteiger partial charge in [0.1, 0.15) is 5.82 Å². The molecule has 0 aromatic heterocycles. The Kier molecular flexibility index (Phi) is 4.92. The molecule has 6 heteroatoms. The van der Waals surface area contributed by atoms with E-state index in [-0.39, 0.29) is 23.0 Å². The molecule has 0 aliphatic rings. The molecular weight excluding hydrogens is 305 g/mol. The topological polar surface area (TPSA) is 63.2 Å². The summed E-state index contributed by atoms with van der Waals surface area (Å²) >= 11 is 0. The van der Waals surface area contributed by atoms with Crippen LogP contribution < -0.4 is 5.32 Å². The lowest BCUT2D eigenvalue weighted by Gasteiger charge is -2.07. The highest BCUT2D eigenvalue weighted by Gasteiger charge is 2.16. The number of benzene rings is 2. The normalized spacial score (nSPS) is 11.2. The van der Waals surface area contributed by atoms with Gasteiger partial charge in [0.05, 0.1) is 10.6 Å². The third kappa shape index (κ3) is 4.39. The van der Waals surface area contributed by atoms with Crippen LogP contribution in [0.25, 0.3) is 0 Å². The minimum Gasteiger partial charge on any atom is -0.326 e. The summed E-state index contributed by atoms with van der Waals surface area (Å²) in [5, 5.41) is 2.65. The van der Waals surface area contributed by atoms with Crippen LogP contribution in [0, 0.1) is 12.7 Å². The average molecular weight is 321 g/mol. The lowest BCUT2D eigenvalue weighted by atomic mass is 10.2. The number of anilines is 1. The van der Waals surface area contributed by atoms with E-state index in [1.165, 1.54) is 12.1 Å². The Morgan fingerprint density at radius 1 is 1.14 bits per heavy atom. The first kappa shape index (κ1) is 16.2. The molecule has 2 aromatic rings. The molecule has 22 heavy (non-hydrogen) atoms. The highest BCUT2D eigenvalue weighted by Crippen LogP contribution is 2.14. The maximum absolute atomic E-state index is 12.8. The van der Waals surface area contributed by atoms with Gasteiger partial charge in [-0.25, -0.2) is 12.8 Å². The molecule has 0 heterocycles. The number of amides is 1. The zero-order valence-corrected chi connectivity index (χ0v) is 12.9. The van der Waals surface area contributed by atoms with Gasteiger partial charge in [-0.15, -0.1) is 0 Å². The molecule has 0 fully saturated rings. The van der Waals surface area contributed by atoms with E-state index in [0.29, 0.717) is 5.69 Å². The van der Waals surface area contributed by atoms with Crippen molar-refractivity contribution in [1.29, 1.82) is 0 Å². The van der Waals surface area contributed by atoms with E-state index in [2.05, 4.69) is 5.32 Å². The average Bonchev–Trinajstić information content (AvgIpc) is 2.46. The maximum atomic E-state index is 12.8. The summed E-state index contributed by atoms with van der Waals surface area (Å²) in [5.41, 5.74) is 1.63. The summed E-state index contributed by atoms with van der Waals surface area (Å²) in [6.45, 7) is 1.90. The Labute approximate surface area is 128 Å². The lowest BCUT2D eigenvalue weighted by Crippen LogP contribution is -2.17. The van der Waals surface area contributed by atoms with E-state index in [9.17, 15) is 17.6 Å². The van der Waals surface area contributed by atoms with Gasteiger partial charge in [0.15, 0.2) is 9.84 Å². The summed E-state index contributed by atoms with van der Waals surface area (Å²) in [6, 6.07) is 11.8. The van der Waals surface area contributed by atoms with Crippen LogP contribution in [0.15, 0.2) is 53.4 Å². The van der Waals surface area contributed by atoms with E-state index in [0.717, 1.165) is 17.7 Å². The van der Waals surface area contributed by atoms with Crippen molar-refractivity contribution in [3.05, 3.63) is 59.9 Å². The minimum atomic E-state index is -3.60. The molecule has 0 saturated heterocycles. The van der Waals surface area contributed by atoms with Crippen molar-refractivity contribution in [2.24, 2.45) is 0 Å². The second-order valence-electron chi connectivity index (χ2n) is 4.94. The van der Waals surface area contributed by atoms with Crippen molar-refractivity contribution in [1.82, 2.24) is 0 Å². The Morgan fingerprint density at radius 2 is 1.82 bits per heavy atom. The molecule has 0 aliphatic heterocycles. The fourth-order valence-corrected chi connectivity index (χ4v) is 3.17. The predicted molar refractivity (Wildman–Crippen MR) is 82.9 cm³/mol. The van der Waals surface area contributed by atoms with Crippen LogP contribution in [0.4, 0.5) is 10.1 Å². The zero-order valence-electron chi connectivity index (χ0n) is 12.0. The summed E-state index contributed by atoms with van der Waals surface area (Å²) in [5.74, 6) is -1.21. The van der Waals surface area contributed by atoms with E-state index in [4.69, 9.17) is 0 Å². The smallest absolute Gasteiger partial charge is 0.225 e. The van der Waals surface area contributed by atoms with Crippen LogP contribution in [0.3, 0.4) is 0 Å². The van der Waals surface area contributed by atoms with E-state index in [1.54, 1.807) is 18.2 Å². The molecule has 1 N–H and O–H groups in total. The van der Waals surface area contributed by atoms with Crippen LogP contribution in [0.2, 0.25) is 0 Å². The van der Waals surface area contributed by atoms with Crippen molar-refractivity contribution in [2.75, 3.05) is 11.1 Å². The largest absolute Gasteiger partial charge is 0.326 e. The maximum Gasteiger partial charge on any atom is 0.225 e. The number of sulfone groups is 1. The molecule has 4 nitrogen and oxygen atoms in total. The minimum absolute atomic E-state index is 0.0113. The van der Waals surface area contributed by atoms with Crippen LogP contribution in [-0.2, 0) is 14.6 Å². The summed E-state index contributed by atoms with van der Waals surface area (Å²) in [4.78, 5) is 11.8. The summed E-state index contributed by atoms with van der Waals surface area (Å²) in [6.07, 6.45) is -0.159. The molecule has 0 bridgehead atoms. The van der Waals surface area contributed by atoms with Crippen molar-refractivity contribution in [3.63, 3.8) is 0 Å². The second-order valence-corrected chi connectivity index (χ2v) is 7.05. The van der Waals surface area contributed by atoms with Gasteiger partial charge in [-0.2, -0.15) is 0 Å². The molecule has 2 rings (SSSR count). The number of hydrogen-bond acceptors (Lipinski definition) is 3. The first-order valence-corrected chi connectivity index (χ1v) is 8.37. The predicted octanol–water partition coefficient (Wildman–Crippen LogP) is 2.94. The van der Waals surface area contributed by atoms with Gasteiger partial charge >= 0.3 is 0 Å². The fourth-order valence-electron chi connectivity index (χ4n) is 1.93. The SMILES string of the molecule is Cc1cccc(NC(=O)CCS(=O)(=O)c2ccc(F)cc2)c1. The number of halogens is 1. The number of nitrogens with one attached hydrogen (secondary N) is 1. The Balaban J connectivity index is 1.97. The van der Waals surface area contributed by atoms with Crippen molar-refractivity contribution < 1.29 is 17.6 Å². The van der Waals surface area contributed by atoms with E-state index in [1.807, 2.05) is 13.0 Å². The molecule has 0 unspecified atom stereocenters. The van der Waals surface area contributed by atoms with Crippen LogP contribution >= 0.6 is 0 Å². The number of rotatable bonds is 5. The van der Waals surface area contributed by atoms with Gasteiger partial charge in [-0.05, 0) is 48.9 Å². The molecule has 0 spiro atoms. The third-order valence-corrected chi connectivity index (χ3v) is 4.80. The van der Waals surface area contributed by atoms with E-state index < -0.39 is 15.7 Å². The lowest BCUT2D eigenvalue weighted by molar-refractivity contribution is -0.115. The van der Waals surface area contributed by atoms with Crippen molar-refractivity contribution in [3.8, 4) is 0 Å². The number of carbonyl (C=O) groups excluding carboxylic acids is 1. The summed E-state index contributed by atoms with van der Waals surface area (Å²) in [7, 11) is -3.60. The van der Waals surface area contributed by atoms with Gasteiger partial charge in [0.2, 0.25) is 5.91 Å². The first-order chi connectivity index (χ1) is 10.4. The van der Waals surface area contributed by atoms with Crippen LogP contribution in [-0.4, -0.2) is 20.1 Å². The van der Waals surface area contributed by atoms with Crippen LogP contribution in [0.5, 0.6) is 0 Å². The van der Waals surface area contributed by atoms with Gasteiger partial charge in [-0.1, -0.05) is 12.1 Å². The number of carbonyl (C=O) groups is 1. The first-order valence-electron chi connectivity index (χ1n) is 6.72. The Hall–Kier alpha value is -2.21. The molecule has 0 radical (unpaired) electrons. The molecule has 116 valence electrons.